The van der Waals surface area contributed by atoms with Gasteiger partial charge in [0.05, 0.1) is 0 Å². The first-order valence-corrected chi connectivity index (χ1v) is 4.85. The average molecular weight is 212 g/mol. The fourth-order valence-corrected chi connectivity index (χ4v) is 1.70. The lowest BCUT2D eigenvalue weighted by Gasteiger charge is -2.11. The molecule has 0 aromatic rings. The third-order valence-electron chi connectivity index (χ3n) is 1.50. The topological polar surface area (TPSA) is 70.4 Å². The van der Waals surface area contributed by atoms with Crippen molar-refractivity contribution in [2.45, 2.75) is 6.92 Å². The molecule has 1 heterocycles. The Morgan fingerprint density at radius 1 is 1.79 bits per heavy atom. The van der Waals surface area contributed by atoms with Crippen LogP contribution in [-0.2, 0) is 9.53 Å². The molecule has 0 bridgehead atoms. The number of esters is 1. The minimum atomic E-state index is -0.517. The molecule has 0 spiro atoms. The number of nitriles is 1. The molecule has 1 saturated heterocycles. The van der Waals surface area contributed by atoms with Gasteiger partial charge >= 0.3 is 5.97 Å². The quantitative estimate of drug-likeness (QED) is 0.389. The highest BCUT2D eigenvalue weighted by molar-refractivity contribution is 8.13. The summed E-state index contributed by atoms with van der Waals surface area (Å²) >= 11 is 1.14. The predicted molar refractivity (Wildman–Crippen MR) is 50.0 cm³/mol. The number of allylic oxidation sites excluding steroid dienone is 1. The Bertz CT molecular complexity index is 332. The summed E-state index contributed by atoms with van der Waals surface area (Å²) in [7, 11) is 0. The molecule has 0 aromatic heterocycles. The van der Waals surface area contributed by atoms with Crippen LogP contribution in [0, 0.1) is 11.3 Å². The number of nitrogens with zero attached hydrogens (tertiary/aromatic N) is 2. The van der Waals surface area contributed by atoms with Crippen molar-refractivity contribution in [2.24, 2.45) is 0 Å². The molecular formula is C8H8N2O3S. The molecule has 1 fully saturated rings. The van der Waals surface area contributed by atoms with Gasteiger partial charge in [-0.05, 0) is 0 Å². The van der Waals surface area contributed by atoms with E-state index in [-0.39, 0.29) is 10.9 Å². The van der Waals surface area contributed by atoms with Gasteiger partial charge in [-0.15, -0.1) is 0 Å². The number of hydrogen-bond donors (Lipinski definition) is 0. The molecule has 1 aliphatic rings. The summed E-state index contributed by atoms with van der Waals surface area (Å²) in [6.07, 6.45) is 1.01. The molecule has 1 aliphatic heterocycles. The molecule has 0 radical (unpaired) electrons. The lowest BCUT2D eigenvalue weighted by atomic mass is 10.4. The van der Waals surface area contributed by atoms with Gasteiger partial charge in [0.2, 0.25) is 0 Å². The lowest BCUT2D eigenvalue weighted by Crippen LogP contribution is -2.22. The third-order valence-corrected chi connectivity index (χ3v) is 2.36. The normalized spacial score (nSPS) is 16.7. The van der Waals surface area contributed by atoms with Crippen molar-refractivity contribution >= 4 is 23.0 Å². The Balaban J connectivity index is 2.71. The zero-order valence-electron chi connectivity index (χ0n) is 7.52. The van der Waals surface area contributed by atoms with Crippen LogP contribution in [0.1, 0.15) is 6.92 Å². The molecule has 6 heteroatoms. The van der Waals surface area contributed by atoms with Crippen LogP contribution in [0.15, 0.2) is 12.0 Å². The maximum Gasteiger partial charge on any atom is 0.307 e. The van der Waals surface area contributed by atoms with Crippen LogP contribution in [0.2, 0.25) is 0 Å². The minimum absolute atomic E-state index is 0.0650. The van der Waals surface area contributed by atoms with Crippen LogP contribution in [0.25, 0.3) is 0 Å². The van der Waals surface area contributed by atoms with Crippen LogP contribution in [-0.4, -0.2) is 28.4 Å². The van der Waals surface area contributed by atoms with Crippen LogP contribution in [0.3, 0.4) is 0 Å². The second-order valence-corrected chi connectivity index (χ2v) is 3.54. The van der Waals surface area contributed by atoms with Crippen molar-refractivity contribution in [3.05, 3.63) is 12.0 Å². The van der Waals surface area contributed by atoms with Gasteiger partial charge in [0.1, 0.15) is 12.3 Å². The summed E-state index contributed by atoms with van der Waals surface area (Å²) in [5.74, 6) is 0.134. The fourth-order valence-electron chi connectivity index (χ4n) is 0.901. The molecule has 0 saturated carbocycles. The predicted octanol–water partition coefficient (Wildman–Crippen LogP) is 1.08. The van der Waals surface area contributed by atoms with E-state index in [9.17, 15) is 9.59 Å². The summed E-state index contributed by atoms with van der Waals surface area (Å²) < 4.78 is 4.53. The summed E-state index contributed by atoms with van der Waals surface area (Å²) in [5.41, 5.74) is 0.0650. The smallest absolute Gasteiger partial charge is 0.307 e. The molecule has 0 atom stereocenters. The number of amides is 1. The third kappa shape index (κ3) is 2.50. The molecule has 1 amide bonds. The van der Waals surface area contributed by atoms with Crippen LogP contribution < -0.4 is 0 Å². The molecule has 0 aromatic carbocycles. The zero-order chi connectivity index (χ0) is 10.6. The molecular weight excluding hydrogens is 204 g/mol. The average Bonchev–Trinajstić information content (AvgIpc) is 2.53. The Labute approximate surface area is 85.3 Å². The highest BCUT2D eigenvalue weighted by Gasteiger charge is 2.24. The van der Waals surface area contributed by atoms with Crippen LogP contribution in [0.5, 0.6) is 0 Å². The number of carbonyl (C=O) groups is 2. The van der Waals surface area contributed by atoms with E-state index in [4.69, 9.17) is 5.26 Å². The number of rotatable bonds is 2. The number of carbonyl (C=O) groups excluding carboxylic acids is 2. The largest absolute Gasteiger partial charge is 0.432 e. The van der Waals surface area contributed by atoms with Gasteiger partial charge in [0, 0.05) is 19.2 Å². The van der Waals surface area contributed by atoms with Gasteiger partial charge in [-0.3, -0.25) is 14.5 Å². The fraction of sp³-hybridized carbons (Fsp3) is 0.375. The highest BCUT2D eigenvalue weighted by Crippen LogP contribution is 2.21. The van der Waals surface area contributed by atoms with E-state index in [1.165, 1.54) is 11.8 Å². The van der Waals surface area contributed by atoms with Crippen molar-refractivity contribution in [1.82, 2.24) is 4.90 Å². The van der Waals surface area contributed by atoms with E-state index in [0.717, 1.165) is 18.0 Å². The van der Waals surface area contributed by atoms with Gasteiger partial charge < -0.3 is 4.74 Å². The second kappa shape index (κ2) is 4.67. The number of hydrogen-bond acceptors (Lipinski definition) is 5. The lowest BCUT2D eigenvalue weighted by molar-refractivity contribution is -0.135. The van der Waals surface area contributed by atoms with Crippen LogP contribution >= 0.6 is 11.8 Å². The molecule has 14 heavy (non-hydrogen) atoms. The zero-order valence-corrected chi connectivity index (χ0v) is 8.34. The summed E-state index contributed by atoms with van der Waals surface area (Å²) in [5, 5.41) is 8.51. The Morgan fingerprint density at radius 3 is 2.93 bits per heavy atom. The van der Waals surface area contributed by atoms with Gasteiger partial charge in [-0.2, -0.15) is 5.26 Å². The number of ether oxygens (including phenoxy) is 1. The van der Waals surface area contributed by atoms with E-state index >= 15 is 0 Å². The summed E-state index contributed by atoms with van der Waals surface area (Å²) in [6.45, 7) is 1.70. The number of thioether (sulfide) groups is 1. The van der Waals surface area contributed by atoms with Gasteiger partial charge in [-0.1, -0.05) is 11.8 Å². The molecule has 0 unspecified atom stereocenters. The van der Waals surface area contributed by atoms with Gasteiger partial charge in [0.15, 0.2) is 5.70 Å². The maximum absolute atomic E-state index is 11.2. The maximum atomic E-state index is 11.2. The molecule has 5 nitrogen and oxygen atoms in total. The summed E-state index contributed by atoms with van der Waals surface area (Å²) in [6, 6.07) is 1.81. The monoisotopic (exact) mass is 212 g/mol. The van der Waals surface area contributed by atoms with E-state index in [1.807, 2.05) is 0 Å². The van der Waals surface area contributed by atoms with Gasteiger partial charge in [-0.25, -0.2) is 0 Å². The first-order valence-electron chi connectivity index (χ1n) is 3.87. The Hall–Kier alpha value is -1.48. The van der Waals surface area contributed by atoms with Gasteiger partial charge in [0.25, 0.3) is 5.24 Å². The minimum Gasteiger partial charge on any atom is -0.432 e. The van der Waals surface area contributed by atoms with E-state index in [0.29, 0.717) is 12.3 Å². The molecule has 74 valence electrons. The first-order chi connectivity index (χ1) is 6.65. The van der Waals surface area contributed by atoms with Crippen molar-refractivity contribution in [3.8, 4) is 6.07 Å². The van der Waals surface area contributed by atoms with Crippen molar-refractivity contribution < 1.29 is 14.3 Å². The summed E-state index contributed by atoms with van der Waals surface area (Å²) in [4.78, 5) is 22.9. The molecule has 0 N–H and O–H groups in total. The van der Waals surface area contributed by atoms with Crippen molar-refractivity contribution in [1.29, 1.82) is 5.26 Å². The molecule has 1 rings (SSSR count). The van der Waals surface area contributed by atoms with E-state index in [2.05, 4.69) is 4.74 Å². The van der Waals surface area contributed by atoms with E-state index in [1.54, 1.807) is 6.07 Å². The Morgan fingerprint density at radius 2 is 2.50 bits per heavy atom. The van der Waals surface area contributed by atoms with Crippen LogP contribution in [0.4, 0.5) is 4.79 Å². The SMILES string of the molecule is CC(=O)O/C=C(\C#N)N1CCSC1=O. The van der Waals surface area contributed by atoms with Crippen molar-refractivity contribution in [2.75, 3.05) is 12.3 Å². The highest BCUT2D eigenvalue weighted by atomic mass is 32.2. The first kappa shape index (κ1) is 10.6. The van der Waals surface area contributed by atoms with E-state index < -0.39 is 5.97 Å². The second-order valence-electron chi connectivity index (χ2n) is 2.49. The van der Waals surface area contributed by atoms with Crippen molar-refractivity contribution in [3.63, 3.8) is 0 Å². The Kier molecular flexibility index (Phi) is 3.54. The standard InChI is InChI=1S/C8H8N2O3S/c1-6(11)13-5-7(4-9)10-2-3-14-8(10)12/h5H,2-3H2,1H3/b7-5+. The molecule has 0 aliphatic carbocycles.